The van der Waals surface area contributed by atoms with Crippen LogP contribution in [-0.2, 0) is 4.74 Å². The van der Waals surface area contributed by atoms with Crippen LogP contribution >= 0.6 is 0 Å². The standard InChI is InChI=1S/C10H8F3N3O3/c1-2-18-9(17)7-8(19-10(11,12)13)6(15)5(3-14)4-16-7/h4H,2H2,1H3,(H2,15,16). The molecule has 2 N–H and O–H groups in total. The van der Waals surface area contributed by atoms with E-state index >= 15 is 0 Å². The van der Waals surface area contributed by atoms with Gasteiger partial charge in [0.1, 0.15) is 6.07 Å². The van der Waals surface area contributed by atoms with Crippen molar-refractivity contribution >= 4 is 11.7 Å². The number of nitrogens with two attached hydrogens (primary N) is 1. The maximum atomic E-state index is 12.2. The molecular weight excluding hydrogens is 267 g/mol. The normalized spacial score (nSPS) is 10.7. The van der Waals surface area contributed by atoms with E-state index in [0.29, 0.717) is 0 Å². The van der Waals surface area contributed by atoms with Crippen molar-refractivity contribution in [2.75, 3.05) is 12.3 Å². The molecule has 0 radical (unpaired) electrons. The third kappa shape index (κ3) is 3.48. The molecule has 0 unspecified atom stereocenters. The summed E-state index contributed by atoms with van der Waals surface area (Å²) >= 11 is 0. The number of ether oxygens (including phenoxy) is 2. The molecule has 0 aromatic carbocycles. The molecule has 0 bridgehead atoms. The van der Waals surface area contributed by atoms with Gasteiger partial charge in [-0.05, 0) is 6.92 Å². The van der Waals surface area contributed by atoms with Crippen LogP contribution in [0.25, 0.3) is 0 Å². The summed E-state index contributed by atoms with van der Waals surface area (Å²) in [6, 6.07) is 1.53. The maximum absolute atomic E-state index is 12.2. The van der Waals surface area contributed by atoms with Gasteiger partial charge in [0, 0.05) is 6.20 Å². The molecule has 0 aliphatic rings. The summed E-state index contributed by atoms with van der Waals surface area (Å²) in [7, 11) is 0. The Morgan fingerprint density at radius 1 is 1.58 bits per heavy atom. The monoisotopic (exact) mass is 275 g/mol. The fourth-order valence-electron chi connectivity index (χ4n) is 1.16. The van der Waals surface area contributed by atoms with Crippen LogP contribution in [0.2, 0.25) is 0 Å². The van der Waals surface area contributed by atoms with Gasteiger partial charge < -0.3 is 15.2 Å². The first-order valence-corrected chi connectivity index (χ1v) is 4.91. The summed E-state index contributed by atoms with van der Waals surface area (Å²) in [5.41, 5.74) is 3.63. The third-order valence-electron chi connectivity index (χ3n) is 1.88. The number of nitriles is 1. The largest absolute Gasteiger partial charge is 0.573 e. The van der Waals surface area contributed by atoms with Gasteiger partial charge in [0.2, 0.25) is 0 Å². The number of anilines is 1. The molecular formula is C10H8F3N3O3. The van der Waals surface area contributed by atoms with Crippen LogP contribution in [0.3, 0.4) is 0 Å². The fraction of sp³-hybridized carbons (Fsp3) is 0.300. The van der Waals surface area contributed by atoms with Gasteiger partial charge in [0.15, 0.2) is 11.4 Å². The smallest absolute Gasteiger partial charge is 0.461 e. The van der Waals surface area contributed by atoms with Gasteiger partial charge in [-0.1, -0.05) is 0 Å². The molecule has 19 heavy (non-hydrogen) atoms. The van der Waals surface area contributed by atoms with Crippen LogP contribution in [0.1, 0.15) is 23.0 Å². The highest BCUT2D eigenvalue weighted by atomic mass is 19.4. The molecule has 1 aromatic rings. The molecule has 1 aromatic heterocycles. The van der Waals surface area contributed by atoms with Crippen molar-refractivity contribution in [1.82, 2.24) is 4.98 Å². The van der Waals surface area contributed by atoms with E-state index in [2.05, 4.69) is 14.5 Å². The number of alkyl halides is 3. The number of hydrogen-bond acceptors (Lipinski definition) is 6. The van der Waals surface area contributed by atoms with Gasteiger partial charge in [0.25, 0.3) is 0 Å². The van der Waals surface area contributed by atoms with Crippen molar-refractivity contribution < 1.29 is 27.4 Å². The quantitative estimate of drug-likeness (QED) is 0.841. The molecule has 0 atom stereocenters. The molecule has 102 valence electrons. The number of nitrogen functional groups attached to an aromatic ring is 1. The van der Waals surface area contributed by atoms with Crippen LogP contribution in [0.4, 0.5) is 18.9 Å². The van der Waals surface area contributed by atoms with E-state index in [1.165, 1.54) is 13.0 Å². The highest BCUT2D eigenvalue weighted by Gasteiger charge is 2.35. The zero-order valence-corrected chi connectivity index (χ0v) is 9.61. The molecule has 0 saturated heterocycles. The summed E-state index contributed by atoms with van der Waals surface area (Å²) in [5.74, 6) is -2.16. The van der Waals surface area contributed by atoms with Crippen molar-refractivity contribution in [3.63, 3.8) is 0 Å². The number of hydrogen-bond donors (Lipinski definition) is 1. The summed E-state index contributed by atoms with van der Waals surface area (Å²) < 4.78 is 44.9. The average Bonchev–Trinajstić information content (AvgIpc) is 2.30. The second-order valence-corrected chi connectivity index (χ2v) is 3.14. The number of carbonyl (C=O) groups is 1. The van der Waals surface area contributed by atoms with Gasteiger partial charge >= 0.3 is 12.3 Å². The second kappa shape index (κ2) is 5.43. The predicted octanol–water partition coefficient (Wildman–Crippen LogP) is 1.61. The molecule has 0 aliphatic heterocycles. The lowest BCUT2D eigenvalue weighted by Gasteiger charge is -2.14. The highest BCUT2D eigenvalue weighted by Crippen LogP contribution is 2.33. The first-order chi connectivity index (χ1) is 8.80. The van der Waals surface area contributed by atoms with Crippen molar-refractivity contribution in [2.45, 2.75) is 13.3 Å². The van der Waals surface area contributed by atoms with Crippen LogP contribution in [-0.4, -0.2) is 23.9 Å². The Labute approximate surface area is 105 Å². The van der Waals surface area contributed by atoms with E-state index in [9.17, 15) is 18.0 Å². The Balaban J connectivity index is 3.35. The van der Waals surface area contributed by atoms with E-state index < -0.39 is 29.5 Å². The van der Waals surface area contributed by atoms with Gasteiger partial charge in [0.05, 0.1) is 17.9 Å². The van der Waals surface area contributed by atoms with Crippen molar-refractivity contribution in [3.05, 3.63) is 17.5 Å². The van der Waals surface area contributed by atoms with Gasteiger partial charge in [-0.15, -0.1) is 13.2 Å². The van der Waals surface area contributed by atoms with Crippen molar-refractivity contribution in [3.8, 4) is 11.8 Å². The number of aromatic nitrogens is 1. The number of rotatable bonds is 3. The topological polar surface area (TPSA) is 98.2 Å². The minimum absolute atomic E-state index is 0.0636. The zero-order valence-electron chi connectivity index (χ0n) is 9.61. The van der Waals surface area contributed by atoms with Gasteiger partial charge in [-0.2, -0.15) is 5.26 Å². The highest BCUT2D eigenvalue weighted by molar-refractivity contribution is 5.93. The van der Waals surface area contributed by atoms with Gasteiger partial charge in [-0.25, -0.2) is 9.78 Å². The summed E-state index contributed by atoms with van der Waals surface area (Å²) in [4.78, 5) is 14.8. The number of carbonyl (C=O) groups excluding carboxylic acids is 1. The molecule has 0 saturated carbocycles. The molecule has 0 amide bonds. The van der Waals surface area contributed by atoms with Gasteiger partial charge in [-0.3, -0.25) is 0 Å². The lowest BCUT2D eigenvalue weighted by Crippen LogP contribution is -2.22. The number of nitrogens with zero attached hydrogens (tertiary/aromatic N) is 2. The van der Waals surface area contributed by atoms with Crippen LogP contribution in [0.15, 0.2) is 6.20 Å². The predicted molar refractivity (Wildman–Crippen MR) is 56.0 cm³/mol. The molecule has 9 heteroatoms. The van der Waals surface area contributed by atoms with Crippen LogP contribution < -0.4 is 10.5 Å². The average molecular weight is 275 g/mol. The maximum Gasteiger partial charge on any atom is 0.573 e. The first kappa shape index (κ1) is 14.6. The fourth-order valence-corrected chi connectivity index (χ4v) is 1.16. The molecule has 0 fully saturated rings. The number of halogens is 3. The molecule has 6 nitrogen and oxygen atoms in total. The zero-order chi connectivity index (χ0) is 14.6. The van der Waals surface area contributed by atoms with Crippen molar-refractivity contribution in [1.29, 1.82) is 5.26 Å². The van der Waals surface area contributed by atoms with E-state index in [4.69, 9.17) is 11.0 Å². The summed E-state index contributed by atoms with van der Waals surface area (Å²) in [6.07, 6.45) is -4.21. The SMILES string of the molecule is CCOC(=O)c1ncc(C#N)c(N)c1OC(F)(F)F. The van der Waals surface area contributed by atoms with E-state index in [-0.39, 0.29) is 12.2 Å². The third-order valence-corrected chi connectivity index (χ3v) is 1.88. The Morgan fingerprint density at radius 3 is 2.68 bits per heavy atom. The molecule has 0 spiro atoms. The summed E-state index contributed by atoms with van der Waals surface area (Å²) in [5, 5.41) is 8.65. The molecule has 1 rings (SSSR count). The Morgan fingerprint density at radius 2 is 2.21 bits per heavy atom. The Bertz CT molecular complexity index is 537. The second-order valence-electron chi connectivity index (χ2n) is 3.14. The van der Waals surface area contributed by atoms with Crippen molar-refractivity contribution in [2.24, 2.45) is 0 Å². The minimum atomic E-state index is -5.08. The molecule has 0 aliphatic carbocycles. The van der Waals surface area contributed by atoms with E-state index in [1.54, 1.807) is 0 Å². The lowest BCUT2D eigenvalue weighted by molar-refractivity contribution is -0.274. The number of esters is 1. The molecule has 1 heterocycles. The summed E-state index contributed by atoms with van der Waals surface area (Å²) in [6.45, 7) is 1.40. The van der Waals surface area contributed by atoms with E-state index in [0.717, 1.165) is 6.20 Å². The first-order valence-electron chi connectivity index (χ1n) is 4.91. The Hall–Kier alpha value is -2.50. The van der Waals surface area contributed by atoms with Crippen LogP contribution in [0.5, 0.6) is 5.75 Å². The number of pyridine rings is 1. The Kier molecular flexibility index (Phi) is 4.16. The van der Waals surface area contributed by atoms with Crippen LogP contribution in [0, 0.1) is 11.3 Å². The lowest BCUT2D eigenvalue weighted by atomic mass is 10.2. The minimum Gasteiger partial charge on any atom is -0.461 e. The van der Waals surface area contributed by atoms with E-state index in [1.807, 2.05) is 0 Å².